The average Bonchev–Trinajstić information content (AvgIpc) is 2.83. The molecule has 2 aromatic carbocycles. The third-order valence-electron chi connectivity index (χ3n) is 5.65. The molecule has 1 aliphatic rings. The molecule has 0 atom stereocenters. The highest BCUT2D eigenvalue weighted by molar-refractivity contribution is 7.89. The largest absolute Gasteiger partial charge is 0.494 e. The number of hydrogen-bond acceptors (Lipinski definition) is 6. The lowest BCUT2D eigenvalue weighted by Crippen LogP contribution is -2.47. The maximum atomic E-state index is 13.0. The molecule has 1 saturated heterocycles. The van der Waals surface area contributed by atoms with E-state index in [0.717, 1.165) is 17.4 Å². The van der Waals surface area contributed by atoms with Crippen LogP contribution in [0.25, 0.3) is 0 Å². The van der Waals surface area contributed by atoms with Gasteiger partial charge in [-0.15, -0.1) is 0 Å². The number of nitrogens with one attached hydrogen (secondary N) is 1. The lowest BCUT2D eigenvalue weighted by molar-refractivity contribution is -0.116. The average molecular weight is 489 g/mol. The van der Waals surface area contributed by atoms with Gasteiger partial charge in [0.1, 0.15) is 5.75 Å². The van der Waals surface area contributed by atoms with Gasteiger partial charge in [-0.1, -0.05) is 6.92 Å². The molecule has 1 aliphatic heterocycles. The van der Waals surface area contributed by atoms with E-state index in [1.807, 2.05) is 18.9 Å². The number of nitrogens with zero attached hydrogens (tertiary/aromatic N) is 3. The highest BCUT2D eigenvalue weighted by Crippen LogP contribution is 2.20. The number of ether oxygens (including phenoxy) is 1. The van der Waals surface area contributed by atoms with Crippen molar-refractivity contribution in [3.63, 3.8) is 0 Å². The first-order valence-electron chi connectivity index (χ1n) is 11.3. The van der Waals surface area contributed by atoms with Crippen LogP contribution in [0.2, 0.25) is 0 Å². The van der Waals surface area contributed by atoms with E-state index in [2.05, 4.69) is 10.2 Å². The van der Waals surface area contributed by atoms with Crippen LogP contribution < -0.4 is 10.1 Å². The van der Waals surface area contributed by atoms with Crippen LogP contribution in [-0.2, 0) is 14.8 Å². The topological polar surface area (TPSA) is 99.3 Å². The van der Waals surface area contributed by atoms with Crippen LogP contribution in [-0.4, -0.2) is 87.3 Å². The second-order valence-electron chi connectivity index (χ2n) is 8.06. The quantitative estimate of drug-likeness (QED) is 0.581. The summed E-state index contributed by atoms with van der Waals surface area (Å²) in [6, 6.07) is 12.8. The minimum atomic E-state index is -3.84. The normalized spacial score (nSPS) is 14.8. The summed E-state index contributed by atoms with van der Waals surface area (Å²) in [5.74, 6) is 0.0795. The Kier molecular flexibility index (Phi) is 8.65. The van der Waals surface area contributed by atoms with Crippen molar-refractivity contribution in [2.75, 3.05) is 58.2 Å². The number of anilines is 1. The number of benzene rings is 2. The van der Waals surface area contributed by atoms with Gasteiger partial charge in [-0.2, -0.15) is 4.31 Å². The first-order valence-corrected chi connectivity index (χ1v) is 12.8. The Bertz CT molecular complexity index is 1080. The van der Waals surface area contributed by atoms with Gasteiger partial charge in [0.05, 0.1) is 18.0 Å². The second-order valence-corrected chi connectivity index (χ2v) is 9.99. The van der Waals surface area contributed by atoms with Crippen LogP contribution in [0.4, 0.5) is 5.69 Å². The van der Waals surface area contributed by atoms with Gasteiger partial charge in [-0.05, 0) is 62.5 Å². The fourth-order valence-electron chi connectivity index (χ4n) is 3.64. The highest BCUT2D eigenvalue weighted by atomic mass is 32.2. The monoisotopic (exact) mass is 488 g/mol. The van der Waals surface area contributed by atoms with Gasteiger partial charge in [-0.3, -0.25) is 9.59 Å². The van der Waals surface area contributed by atoms with Crippen LogP contribution in [0, 0.1) is 0 Å². The summed E-state index contributed by atoms with van der Waals surface area (Å²) in [4.78, 5) is 29.3. The van der Waals surface area contributed by atoms with Gasteiger partial charge >= 0.3 is 0 Å². The van der Waals surface area contributed by atoms with Gasteiger partial charge < -0.3 is 19.9 Å². The Morgan fingerprint density at radius 2 is 1.59 bits per heavy atom. The summed E-state index contributed by atoms with van der Waals surface area (Å²) in [7, 11) is -1.81. The number of amides is 2. The Balaban J connectivity index is 1.60. The van der Waals surface area contributed by atoms with Crippen molar-refractivity contribution >= 4 is 27.5 Å². The number of hydrogen-bond donors (Lipinski definition) is 1. The molecule has 0 aromatic heterocycles. The molecule has 10 heteroatoms. The number of sulfonamides is 1. The predicted molar refractivity (Wildman–Crippen MR) is 131 cm³/mol. The van der Waals surface area contributed by atoms with Crippen molar-refractivity contribution in [1.29, 1.82) is 0 Å². The van der Waals surface area contributed by atoms with Crippen molar-refractivity contribution in [3.8, 4) is 5.75 Å². The zero-order valence-electron chi connectivity index (χ0n) is 19.9. The third kappa shape index (κ3) is 6.34. The number of carbonyl (C=O) groups excluding carboxylic acids is 2. The third-order valence-corrected chi connectivity index (χ3v) is 7.59. The SMILES string of the molecule is CCOc1ccc(S(=O)(=O)N(CC)CC(=O)Nc2ccc(C(=O)N3CCN(C)CC3)cc2)cc1. The first-order chi connectivity index (χ1) is 16.2. The van der Waals surface area contributed by atoms with Crippen LogP contribution in [0.5, 0.6) is 5.75 Å². The molecule has 2 amide bonds. The molecule has 9 nitrogen and oxygen atoms in total. The Labute approximate surface area is 201 Å². The fourth-order valence-corrected chi connectivity index (χ4v) is 5.04. The van der Waals surface area contributed by atoms with Crippen molar-refractivity contribution < 1.29 is 22.7 Å². The summed E-state index contributed by atoms with van der Waals surface area (Å²) in [5.41, 5.74) is 1.05. The fraction of sp³-hybridized carbons (Fsp3) is 0.417. The molecule has 0 unspecified atom stereocenters. The molecule has 1 N–H and O–H groups in total. The number of likely N-dealkylation sites (N-methyl/N-ethyl adjacent to an activating group) is 2. The zero-order valence-corrected chi connectivity index (χ0v) is 20.7. The second kappa shape index (κ2) is 11.5. The van der Waals surface area contributed by atoms with Gasteiger partial charge in [0.25, 0.3) is 5.91 Å². The predicted octanol–water partition coefficient (Wildman–Crippen LogP) is 2.12. The molecule has 0 radical (unpaired) electrons. The molecule has 184 valence electrons. The van der Waals surface area contributed by atoms with E-state index in [4.69, 9.17) is 4.74 Å². The lowest BCUT2D eigenvalue weighted by Gasteiger charge is -2.32. The molecule has 0 bridgehead atoms. The molecular weight excluding hydrogens is 456 g/mol. The summed E-state index contributed by atoms with van der Waals surface area (Å²) in [6.07, 6.45) is 0. The number of carbonyl (C=O) groups is 2. The summed E-state index contributed by atoms with van der Waals surface area (Å²) < 4.78 is 32.4. The molecule has 2 aromatic rings. The molecule has 0 spiro atoms. The Morgan fingerprint density at radius 3 is 2.15 bits per heavy atom. The minimum absolute atomic E-state index is 0.0374. The van der Waals surface area contributed by atoms with Crippen molar-refractivity contribution in [3.05, 3.63) is 54.1 Å². The first kappa shape index (κ1) is 25.7. The van der Waals surface area contributed by atoms with Crippen LogP contribution in [0.1, 0.15) is 24.2 Å². The lowest BCUT2D eigenvalue weighted by atomic mass is 10.1. The molecular formula is C24H32N4O5S. The maximum Gasteiger partial charge on any atom is 0.253 e. The standard InChI is InChI=1S/C24H32N4O5S/c1-4-28(34(31,32)22-12-10-21(11-13-22)33-5-2)18-23(29)25-20-8-6-19(7-9-20)24(30)27-16-14-26(3)15-17-27/h6-13H,4-5,14-18H2,1-3H3,(H,25,29). The van der Waals surface area contributed by atoms with E-state index < -0.39 is 15.9 Å². The molecule has 1 fully saturated rings. The number of rotatable bonds is 9. The van der Waals surface area contributed by atoms with Crippen molar-refractivity contribution in [2.24, 2.45) is 0 Å². The summed E-state index contributed by atoms with van der Waals surface area (Å²) >= 11 is 0. The Morgan fingerprint density at radius 1 is 0.971 bits per heavy atom. The van der Waals surface area contributed by atoms with Gasteiger partial charge in [-0.25, -0.2) is 8.42 Å². The van der Waals surface area contributed by atoms with Crippen LogP contribution in [0.15, 0.2) is 53.4 Å². The van der Waals surface area contributed by atoms with Crippen molar-refractivity contribution in [2.45, 2.75) is 18.7 Å². The maximum absolute atomic E-state index is 13.0. The highest BCUT2D eigenvalue weighted by Gasteiger charge is 2.25. The van der Waals surface area contributed by atoms with E-state index in [1.165, 1.54) is 12.1 Å². The molecule has 34 heavy (non-hydrogen) atoms. The zero-order chi connectivity index (χ0) is 24.7. The summed E-state index contributed by atoms with van der Waals surface area (Å²) in [5, 5.41) is 2.71. The molecule has 1 heterocycles. The summed E-state index contributed by atoms with van der Waals surface area (Å²) in [6.45, 7) is 6.88. The molecule has 0 saturated carbocycles. The van der Waals surface area contributed by atoms with Crippen LogP contribution in [0.3, 0.4) is 0 Å². The van der Waals surface area contributed by atoms with E-state index >= 15 is 0 Å². The van der Waals surface area contributed by atoms with E-state index in [-0.39, 0.29) is 23.9 Å². The van der Waals surface area contributed by atoms with Crippen molar-refractivity contribution in [1.82, 2.24) is 14.1 Å². The van der Waals surface area contributed by atoms with Gasteiger partial charge in [0.15, 0.2) is 0 Å². The minimum Gasteiger partial charge on any atom is -0.494 e. The van der Waals surface area contributed by atoms with E-state index in [0.29, 0.717) is 36.7 Å². The molecule has 0 aliphatic carbocycles. The van der Waals surface area contributed by atoms with E-state index in [9.17, 15) is 18.0 Å². The van der Waals surface area contributed by atoms with Gasteiger partial charge in [0.2, 0.25) is 15.9 Å². The number of piperazine rings is 1. The Hall–Kier alpha value is -2.95. The van der Waals surface area contributed by atoms with Crippen LogP contribution >= 0.6 is 0 Å². The smallest absolute Gasteiger partial charge is 0.253 e. The molecule has 3 rings (SSSR count). The van der Waals surface area contributed by atoms with Gasteiger partial charge in [0, 0.05) is 44.0 Å². The van der Waals surface area contributed by atoms with E-state index in [1.54, 1.807) is 43.3 Å².